The van der Waals surface area contributed by atoms with Crippen molar-refractivity contribution in [2.75, 3.05) is 0 Å². The molecule has 3 aromatic rings. The molecule has 1 aliphatic carbocycles. The summed E-state index contributed by atoms with van der Waals surface area (Å²) in [6, 6.07) is 8.83. The Balaban J connectivity index is 1.69. The highest BCUT2D eigenvalue weighted by Crippen LogP contribution is 2.33. The van der Waals surface area contributed by atoms with Crippen LogP contribution in [-0.4, -0.2) is 26.0 Å². The lowest BCUT2D eigenvalue weighted by molar-refractivity contribution is 0.287. The molecule has 0 unspecified atom stereocenters. The predicted molar refractivity (Wildman–Crippen MR) is 101 cm³/mol. The van der Waals surface area contributed by atoms with Crippen molar-refractivity contribution in [2.24, 2.45) is 5.73 Å². The molecule has 140 valence electrons. The third-order valence-corrected chi connectivity index (χ3v) is 4.11. The summed E-state index contributed by atoms with van der Waals surface area (Å²) in [5.41, 5.74) is 7.53. The van der Waals surface area contributed by atoms with Gasteiger partial charge in [-0.3, -0.25) is 0 Å². The van der Waals surface area contributed by atoms with Crippen molar-refractivity contribution in [2.45, 2.75) is 32.4 Å². The van der Waals surface area contributed by atoms with Crippen molar-refractivity contribution in [3.05, 3.63) is 53.6 Å². The van der Waals surface area contributed by atoms with Gasteiger partial charge in [0.15, 0.2) is 5.82 Å². The summed E-state index contributed by atoms with van der Waals surface area (Å²) in [4.78, 5) is 17.3. The summed E-state index contributed by atoms with van der Waals surface area (Å²) < 4.78 is 11.7. The Labute approximate surface area is 162 Å². The molecule has 1 fully saturated rings. The summed E-state index contributed by atoms with van der Waals surface area (Å²) in [6.07, 6.45) is 5.61. The first-order chi connectivity index (χ1) is 13.6. The Morgan fingerprint density at radius 1 is 1.14 bits per heavy atom. The fourth-order valence-electron chi connectivity index (χ4n) is 2.56. The lowest BCUT2D eigenvalue weighted by Gasteiger charge is -2.12. The van der Waals surface area contributed by atoms with E-state index in [0.29, 0.717) is 46.8 Å². The van der Waals surface area contributed by atoms with Crippen molar-refractivity contribution < 1.29 is 9.47 Å². The number of nitrogens with zero attached hydrogens (tertiary/aromatic N) is 5. The zero-order chi connectivity index (χ0) is 19.5. The van der Waals surface area contributed by atoms with Gasteiger partial charge in [-0.25, -0.2) is 9.97 Å². The van der Waals surface area contributed by atoms with Gasteiger partial charge in [-0.05, 0) is 38.0 Å². The quantitative estimate of drug-likeness (QED) is 0.699. The number of hydrogen-bond donors (Lipinski definition) is 1. The monoisotopic (exact) mass is 374 g/mol. The number of aryl methyl sites for hydroxylation is 1. The number of benzene rings is 1. The highest BCUT2D eigenvalue weighted by Gasteiger charge is 2.24. The second-order valence-corrected chi connectivity index (χ2v) is 6.45. The van der Waals surface area contributed by atoms with Crippen LogP contribution in [0.15, 0.2) is 36.7 Å². The fraction of sp³-hybridized carbons (Fsp3) is 0.250. The van der Waals surface area contributed by atoms with Crippen molar-refractivity contribution in [3.63, 3.8) is 0 Å². The standard InChI is InChI=1S/C20H18N6O2/c1-12-25-18(27-15-3-4-15)7-19(26-12)28-17-6-13(8-21)2-5-16(17)20-23-10-14(9-22)11-24-20/h2,5-7,10-11,15H,3-4,9,22H2,1H3. The van der Waals surface area contributed by atoms with Gasteiger partial charge in [-0.2, -0.15) is 15.2 Å². The minimum Gasteiger partial charge on any atom is -0.474 e. The van der Waals surface area contributed by atoms with Crippen LogP contribution in [0, 0.1) is 18.3 Å². The summed E-state index contributed by atoms with van der Waals surface area (Å²) in [7, 11) is 0. The zero-order valence-electron chi connectivity index (χ0n) is 15.3. The summed E-state index contributed by atoms with van der Waals surface area (Å²) >= 11 is 0. The summed E-state index contributed by atoms with van der Waals surface area (Å²) in [5, 5.41) is 9.26. The Morgan fingerprint density at radius 2 is 1.89 bits per heavy atom. The summed E-state index contributed by atoms with van der Waals surface area (Å²) in [6.45, 7) is 2.13. The van der Waals surface area contributed by atoms with Gasteiger partial charge in [0.05, 0.1) is 23.3 Å². The number of hydrogen-bond acceptors (Lipinski definition) is 8. The molecule has 2 heterocycles. The molecule has 2 N–H and O–H groups in total. The van der Waals surface area contributed by atoms with Crippen molar-refractivity contribution in [1.82, 2.24) is 19.9 Å². The molecule has 0 amide bonds. The van der Waals surface area contributed by atoms with Gasteiger partial charge >= 0.3 is 0 Å². The first-order valence-corrected chi connectivity index (χ1v) is 8.90. The predicted octanol–water partition coefficient (Wildman–Crippen LogP) is 2.91. The van der Waals surface area contributed by atoms with Crippen molar-refractivity contribution in [3.8, 4) is 35.0 Å². The molecule has 28 heavy (non-hydrogen) atoms. The van der Waals surface area contributed by atoms with Crippen LogP contribution in [0.25, 0.3) is 11.4 Å². The highest BCUT2D eigenvalue weighted by atomic mass is 16.5. The van der Waals surface area contributed by atoms with Crippen LogP contribution in [0.5, 0.6) is 17.5 Å². The van der Waals surface area contributed by atoms with Crippen LogP contribution in [0.2, 0.25) is 0 Å². The summed E-state index contributed by atoms with van der Waals surface area (Å²) in [5.74, 6) is 2.24. The van der Waals surface area contributed by atoms with Gasteiger partial charge in [0.1, 0.15) is 17.7 Å². The average Bonchev–Trinajstić information content (AvgIpc) is 3.51. The van der Waals surface area contributed by atoms with Crippen LogP contribution in [-0.2, 0) is 6.54 Å². The van der Waals surface area contributed by atoms with E-state index in [1.165, 1.54) is 0 Å². The number of nitriles is 1. The first kappa shape index (κ1) is 17.8. The molecule has 0 atom stereocenters. The molecule has 4 rings (SSSR count). The topological polar surface area (TPSA) is 120 Å². The highest BCUT2D eigenvalue weighted by molar-refractivity contribution is 5.66. The fourth-order valence-corrected chi connectivity index (χ4v) is 2.56. The molecule has 8 nitrogen and oxygen atoms in total. The molecular formula is C20H18N6O2. The van der Waals surface area contributed by atoms with E-state index < -0.39 is 0 Å². The molecule has 0 aliphatic heterocycles. The Hall–Kier alpha value is -3.57. The van der Waals surface area contributed by atoms with Crippen molar-refractivity contribution >= 4 is 0 Å². The average molecular weight is 374 g/mol. The number of aromatic nitrogens is 4. The van der Waals surface area contributed by atoms with Gasteiger partial charge in [0.2, 0.25) is 11.8 Å². The number of rotatable bonds is 6. The molecule has 1 aliphatic rings. The van der Waals surface area contributed by atoms with Gasteiger partial charge < -0.3 is 15.2 Å². The third-order valence-electron chi connectivity index (χ3n) is 4.11. The lowest BCUT2D eigenvalue weighted by atomic mass is 10.1. The molecule has 0 radical (unpaired) electrons. The number of ether oxygens (including phenoxy) is 2. The van der Waals surface area contributed by atoms with E-state index >= 15 is 0 Å². The van der Waals surface area contributed by atoms with Gasteiger partial charge in [-0.15, -0.1) is 0 Å². The minimum atomic E-state index is 0.217. The molecule has 1 saturated carbocycles. The van der Waals surface area contributed by atoms with Crippen LogP contribution in [0.1, 0.15) is 29.8 Å². The second-order valence-electron chi connectivity index (χ2n) is 6.45. The van der Waals surface area contributed by atoms with Gasteiger partial charge in [-0.1, -0.05) is 0 Å². The van der Waals surface area contributed by atoms with Crippen LogP contribution >= 0.6 is 0 Å². The lowest BCUT2D eigenvalue weighted by Crippen LogP contribution is -2.02. The van der Waals surface area contributed by atoms with E-state index in [4.69, 9.17) is 15.2 Å². The third kappa shape index (κ3) is 4.05. The van der Waals surface area contributed by atoms with Crippen molar-refractivity contribution in [1.29, 1.82) is 5.26 Å². The van der Waals surface area contributed by atoms with E-state index in [1.807, 2.05) is 0 Å². The SMILES string of the molecule is Cc1nc(Oc2cc(C#N)ccc2-c2ncc(CN)cn2)cc(OC2CC2)n1. The van der Waals surface area contributed by atoms with Crippen LogP contribution in [0.4, 0.5) is 0 Å². The number of nitrogens with two attached hydrogens (primary N) is 1. The van der Waals surface area contributed by atoms with Crippen LogP contribution in [0.3, 0.4) is 0 Å². The molecular weight excluding hydrogens is 356 g/mol. The zero-order valence-corrected chi connectivity index (χ0v) is 15.3. The van der Waals surface area contributed by atoms with E-state index in [1.54, 1.807) is 43.6 Å². The van der Waals surface area contributed by atoms with Gasteiger partial charge in [0.25, 0.3) is 0 Å². The van der Waals surface area contributed by atoms with E-state index in [9.17, 15) is 5.26 Å². The normalized spacial score (nSPS) is 13.0. The Bertz CT molecular complexity index is 1040. The minimum absolute atomic E-state index is 0.217. The molecule has 0 spiro atoms. The molecule has 1 aromatic carbocycles. The molecule has 0 bridgehead atoms. The molecule has 2 aromatic heterocycles. The van der Waals surface area contributed by atoms with Gasteiger partial charge in [0, 0.05) is 24.5 Å². The Kier molecular flexibility index (Phi) is 4.83. The molecule has 8 heteroatoms. The Morgan fingerprint density at radius 3 is 2.57 bits per heavy atom. The van der Waals surface area contributed by atoms with E-state index in [-0.39, 0.29) is 6.10 Å². The maximum absolute atomic E-state index is 9.26. The smallest absolute Gasteiger partial charge is 0.226 e. The second kappa shape index (κ2) is 7.58. The maximum atomic E-state index is 9.26. The molecule has 0 saturated heterocycles. The van der Waals surface area contributed by atoms with E-state index in [2.05, 4.69) is 26.0 Å². The largest absolute Gasteiger partial charge is 0.474 e. The first-order valence-electron chi connectivity index (χ1n) is 8.90. The van der Waals surface area contributed by atoms with E-state index in [0.717, 1.165) is 18.4 Å². The van der Waals surface area contributed by atoms with Crippen LogP contribution < -0.4 is 15.2 Å². The maximum Gasteiger partial charge on any atom is 0.226 e.